The van der Waals surface area contributed by atoms with Gasteiger partial charge in [-0.2, -0.15) is 0 Å². The van der Waals surface area contributed by atoms with E-state index in [2.05, 4.69) is 0 Å². The Morgan fingerprint density at radius 3 is 2.12 bits per heavy atom. The molecule has 0 amide bonds. The molecule has 2 heterocycles. The molecule has 2 rings (SSSR count). The van der Waals surface area contributed by atoms with Crippen molar-refractivity contribution in [2.24, 2.45) is 0 Å². The molecular formula is C18H33B2O11P2S-. The van der Waals surface area contributed by atoms with E-state index in [1.165, 1.54) is 0 Å². The van der Waals surface area contributed by atoms with Crippen LogP contribution in [0.25, 0.3) is 0 Å². The average Bonchev–Trinajstić information content (AvgIpc) is 3.24. The Labute approximate surface area is 208 Å². The minimum Gasteiger partial charge on any atom is -0.770 e. The number of phosphoric ester groups is 1. The highest BCUT2D eigenvalue weighted by Crippen LogP contribution is 2.57. The van der Waals surface area contributed by atoms with Crippen LogP contribution in [0.5, 0.6) is 0 Å². The Morgan fingerprint density at radius 2 is 1.56 bits per heavy atom. The highest BCUT2D eigenvalue weighted by molar-refractivity contribution is 8.54. The maximum Gasteiger partial charge on any atom is 0.475 e. The van der Waals surface area contributed by atoms with Gasteiger partial charge >= 0.3 is 7.82 Å². The van der Waals surface area contributed by atoms with Gasteiger partial charge in [-0.05, 0) is 40.5 Å². The summed E-state index contributed by atoms with van der Waals surface area (Å²) in [4.78, 5) is 12.4. The molecule has 4 unspecified atom stereocenters. The number of phosphoric acid groups is 1. The Kier molecular flexibility index (Phi) is 12.6. The third kappa shape index (κ3) is 10.5. The first-order chi connectivity index (χ1) is 15.8. The highest BCUT2D eigenvalue weighted by Gasteiger charge is 2.38. The third-order valence-corrected chi connectivity index (χ3v) is 8.93. The molecule has 4 radical (unpaired) electrons. The van der Waals surface area contributed by atoms with Crippen LogP contribution in [0.15, 0.2) is 0 Å². The molecule has 0 aliphatic carbocycles. The zero-order chi connectivity index (χ0) is 25.5. The van der Waals surface area contributed by atoms with E-state index >= 15 is 0 Å². The van der Waals surface area contributed by atoms with E-state index in [0.717, 1.165) is 7.11 Å². The summed E-state index contributed by atoms with van der Waals surface area (Å²) in [6.07, 6.45) is -1.86. The summed E-state index contributed by atoms with van der Waals surface area (Å²) < 4.78 is 67.9. The second kappa shape index (κ2) is 13.9. The Morgan fingerprint density at radius 1 is 0.971 bits per heavy atom. The fraction of sp³-hybridized carbons (Fsp3) is 1.00. The van der Waals surface area contributed by atoms with E-state index in [4.69, 9.17) is 52.7 Å². The van der Waals surface area contributed by atoms with Crippen molar-refractivity contribution in [3.63, 3.8) is 0 Å². The smallest absolute Gasteiger partial charge is 0.475 e. The van der Waals surface area contributed by atoms with Crippen molar-refractivity contribution in [2.45, 2.75) is 89.2 Å². The fourth-order valence-electron chi connectivity index (χ4n) is 3.34. The van der Waals surface area contributed by atoms with E-state index < -0.39 is 50.9 Å². The van der Waals surface area contributed by atoms with Gasteiger partial charge in [0.1, 0.15) is 33.8 Å². The number of rotatable bonds is 15. The van der Waals surface area contributed by atoms with Gasteiger partial charge in [-0.15, -0.1) is 0 Å². The molecule has 0 aromatic rings. The summed E-state index contributed by atoms with van der Waals surface area (Å²) in [5.41, 5.74) is 0. The van der Waals surface area contributed by atoms with Crippen molar-refractivity contribution in [3.05, 3.63) is 0 Å². The zero-order valence-electron chi connectivity index (χ0n) is 20.1. The Bertz CT molecular complexity index is 719. The van der Waals surface area contributed by atoms with E-state index in [9.17, 15) is 14.0 Å². The minimum atomic E-state index is -4.47. The summed E-state index contributed by atoms with van der Waals surface area (Å²) in [5, 5.41) is 0. The van der Waals surface area contributed by atoms with Crippen LogP contribution in [0.1, 0.15) is 40.5 Å². The molecule has 2 fully saturated rings. The minimum absolute atomic E-state index is 0.0640. The van der Waals surface area contributed by atoms with Crippen LogP contribution in [-0.2, 0) is 46.2 Å². The molecule has 194 valence electrons. The van der Waals surface area contributed by atoms with Gasteiger partial charge < -0.3 is 28.4 Å². The molecular weight excluding hydrogens is 508 g/mol. The Hall–Kier alpha value is 0.580. The lowest BCUT2D eigenvalue weighted by Gasteiger charge is -2.29. The zero-order valence-corrected chi connectivity index (χ0v) is 22.7. The van der Waals surface area contributed by atoms with Crippen molar-refractivity contribution < 1.29 is 51.1 Å². The monoisotopic (exact) mass is 541 g/mol. The van der Waals surface area contributed by atoms with Crippen LogP contribution in [-0.4, -0.2) is 90.6 Å². The second-order valence-corrected chi connectivity index (χ2v) is 13.9. The van der Waals surface area contributed by atoms with Crippen LogP contribution < -0.4 is 4.89 Å². The van der Waals surface area contributed by atoms with Gasteiger partial charge in [0.15, 0.2) is 6.80 Å². The highest BCUT2D eigenvalue weighted by atomic mass is 32.7. The predicted octanol–water partition coefficient (Wildman–Crippen LogP) is 2.10. The average molecular weight is 541 g/mol. The first kappa shape index (κ1) is 30.8. The van der Waals surface area contributed by atoms with Gasteiger partial charge in [-0.1, -0.05) is 11.4 Å². The van der Waals surface area contributed by atoms with E-state index in [1.807, 2.05) is 27.7 Å². The lowest BCUT2D eigenvalue weighted by Crippen LogP contribution is -2.31. The fourth-order valence-corrected chi connectivity index (χ4v) is 6.73. The summed E-state index contributed by atoms with van der Waals surface area (Å²) in [6.45, 7) is 2.92. The number of ether oxygens (including phenoxy) is 4. The molecule has 16 heteroatoms. The number of hydrogen-bond donors (Lipinski definition) is 0. The van der Waals surface area contributed by atoms with Crippen molar-refractivity contribution in [2.75, 3.05) is 26.3 Å². The first-order valence-electron chi connectivity index (χ1n) is 11.0. The van der Waals surface area contributed by atoms with Crippen LogP contribution in [0.4, 0.5) is 0 Å². The lowest BCUT2D eigenvalue weighted by molar-refractivity contribution is -0.196. The number of hydrogen-bond acceptors (Lipinski definition) is 12. The molecule has 0 N–H and O–H groups in total. The molecule has 2 saturated heterocycles. The van der Waals surface area contributed by atoms with Gasteiger partial charge in [0, 0.05) is 19.1 Å². The SMILES string of the molecule is [B][C@H]1CC(OC(C)C)[C@@H](COP(=O)(OC)OCSP(=O)([O-])OC2C[C@H]([B])O[C@@H]2COC(C)C)O1. The molecule has 2 aliphatic heterocycles. The van der Waals surface area contributed by atoms with Crippen molar-refractivity contribution in [1.29, 1.82) is 0 Å². The van der Waals surface area contributed by atoms with Crippen LogP contribution >= 0.6 is 26.0 Å². The van der Waals surface area contributed by atoms with Crippen LogP contribution in [0, 0.1) is 0 Å². The molecule has 34 heavy (non-hydrogen) atoms. The molecule has 0 bridgehead atoms. The molecule has 0 aromatic heterocycles. The van der Waals surface area contributed by atoms with E-state index in [0.29, 0.717) is 17.8 Å². The standard InChI is InChI=1S/C18H34B2O11P2S/c1-11(2)25-8-15-14(7-18(20)29-15)31-32(21,22)34-10-27-33(23,24-5)26-9-16-13(28-12(3)4)6-17(19)30-16/h11-18H,6-10H2,1-5H3,(H,21,22)/p-1/t13?,14?,15-,16-,17-,18-,33?/m1/s1. The summed E-state index contributed by atoms with van der Waals surface area (Å²) in [5.74, 6) is -0.560. The normalized spacial score (nSPS) is 33.4. The molecule has 0 spiro atoms. The van der Waals surface area contributed by atoms with Gasteiger partial charge in [0.25, 0.3) is 0 Å². The molecule has 0 aromatic carbocycles. The van der Waals surface area contributed by atoms with E-state index in [-0.39, 0.29) is 37.9 Å². The summed E-state index contributed by atoms with van der Waals surface area (Å²) in [7, 11) is 8.63. The van der Waals surface area contributed by atoms with Gasteiger partial charge in [0.05, 0.1) is 37.6 Å². The maximum absolute atomic E-state index is 12.7. The Balaban J connectivity index is 1.83. The van der Waals surface area contributed by atoms with Gasteiger partial charge in [-0.3, -0.25) is 18.1 Å². The van der Waals surface area contributed by atoms with Gasteiger partial charge in [-0.25, -0.2) is 4.57 Å². The third-order valence-electron chi connectivity index (χ3n) is 4.81. The molecule has 0 saturated carbocycles. The molecule has 8 atom stereocenters. The lowest BCUT2D eigenvalue weighted by atomic mass is 9.96. The quantitative estimate of drug-likeness (QED) is 0.171. The van der Waals surface area contributed by atoms with Crippen LogP contribution in [0.2, 0.25) is 0 Å². The molecule has 2 aliphatic rings. The largest absolute Gasteiger partial charge is 0.770 e. The van der Waals surface area contributed by atoms with Gasteiger partial charge in [0.2, 0.25) is 0 Å². The van der Waals surface area contributed by atoms with Crippen molar-refractivity contribution in [1.82, 2.24) is 0 Å². The summed E-state index contributed by atoms with van der Waals surface area (Å²) in [6, 6.07) is -1.20. The molecule has 11 nitrogen and oxygen atoms in total. The van der Waals surface area contributed by atoms with Crippen LogP contribution in [0.3, 0.4) is 0 Å². The predicted molar refractivity (Wildman–Crippen MR) is 126 cm³/mol. The second-order valence-electron chi connectivity index (χ2n) is 8.40. The van der Waals surface area contributed by atoms with Crippen molar-refractivity contribution in [3.8, 4) is 0 Å². The maximum atomic E-state index is 12.7. The van der Waals surface area contributed by atoms with Crippen molar-refractivity contribution >= 4 is 41.7 Å². The first-order valence-corrected chi connectivity index (χ1v) is 15.6. The topological polar surface area (TPSA) is 131 Å². The summed E-state index contributed by atoms with van der Waals surface area (Å²) >= 11 is 0.313. The van der Waals surface area contributed by atoms with E-state index in [1.54, 1.807) is 0 Å².